The molecule has 0 radical (unpaired) electrons. The molecule has 0 N–H and O–H groups in total. The van der Waals surface area contributed by atoms with Gasteiger partial charge in [-0.05, 0) is 48.5 Å². The van der Waals surface area contributed by atoms with Crippen LogP contribution in [0.2, 0.25) is 0 Å². The molecule has 3 aromatic heterocycles. The van der Waals surface area contributed by atoms with Crippen molar-refractivity contribution in [2.75, 3.05) is 0 Å². The van der Waals surface area contributed by atoms with Crippen molar-refractivity contribution in [3.05, 3.63) is 91.0 Å². The second kappa shape index (κ2) is 6.42. The molecule has 0 bridgehead atoms. The largest absolute Gasteiger partial charge is 0.323 e. The van der Waals surface area contributed by atoms with Crippen LogP contribution in [0, 0.1) is 11.3 Å². The van der Waals surface area contributed by atoms with Gasteiger partial charge in [-0.3, -0.25) is 9.97 Å². The highest BCUT2D eigenvalue weighted by molar-refractivity contribution is 5.69. The minimum atomic E-state index is 0.601. The fourth-order valence-corrected chi connectivity index (χ4v) is 2.77. The topological polar surface area (TPSA) is 54.5 Å². The van der Waals surface area contributed by atoms with E-state index in [-0.39, 0.29) is 0 Å². The molecular formula is C21H14N4. The summed E-state index contributed by atoms with van der Waals surface area (Å²) in [6, 6.07) is 21.6. The zero-order valence-corrected chi connectivity index (χ0v) is 13.4. The smallest absolute Gasteiger partial charge is 0.0999 e. The van der Waals surface area contributed by atoms with Crippen LogP contribution in [0.25, 0.3) is 28.2 Å². The van der Waals surface area contributed by atoms with Crippen molar-refractivity contribution < 1.29 is 0 Å². The highest BCUT2D eigenvalue weighted by Crippen LogP contribution is 2.25. The molecule has 0 aliphatic rings. The molecule has 3 heterocycles. The first kappa shape index (κ1) is 14.9. The van der Waals surface area contributed by atoms with Crippen LogP contribution in [-0.4, -0.2) is 14.5 Å². The van der Waals surface area contributed by atoms with E-state index in [1.165, 1.54) is 0 Å². The molecule has 0 aliphatic carbocycles. The summed E-state index contributed by atoms with van der Waals surface area (Å²) < 4.78 is 1.99. The summed E-state index contributed by atoms with van der Waals surface area (Å²) >= 11 is 0. The Morgan fingerprint density at radius 3 is 2.28 bits per heavy atom. The summed E-state index contributed by atoms with van der Waals surface area (Å²) in [5.74, 6) is 0. The van der Waals surface area contributed by atoms with E-state index in [2.05, 4.69) is 16.0 Å². The summed E-state index contributed by atoms with van der Waals surface area (Å²) in [6.07, 6.45) is 7.50. The van der Waals surface area contributed by atoms with Gasteiger partial charge in [0.25, 0.3) is 0 Å². The number of nitriles is 1. The van der Waals surface area contributed by atoms with Crippen molar-refractivity contribution in [2.24, 2.45) is 0 Å². The van der Waals surface area contributed by atoms with Crippen LogP contribution in [0.3, 0.4) is 0 Å². The quantitative estimate of drug-likeness (QED) is 0.559. The fraction of sp³-hybridized carbons (Fsp3) is 0. The summed E-state index contributed by atoms with van der Waals surface area (Å²) in [4.78, 5) is 8.71. The summed E-state index contributed by atoms with van der Waals surface area (Å²) in [7, 11) is 0. The van der Waals surface area contributed by atoms with E-state index in [1.54, 1.807) is 12.4 Å². The number of aromatic nitrogens is 3. The molecule has 0 fully saturated rings. The lowest BCUT2D eigenvalue weighted by Gasteiger charge is -2.08. The lowest BCUT2D eigenvalue weighted by molar-refractivity contribution is 1.08. The summed E-state index contributed by atoms with van der Waals surface area (Å²) in [6.45, 7) is 0. The zero-order chi connectivity index (χ0) is 17.1. The van der Waals surface area contributed by atoms with Gasteiger partial charge in [-0.1, -0.05) is 12.1 Å². The normalized spacial score (nSPS) is 10.4. The second-order valence-corrected chi connectivity index (χ2v) is 5.58. The highest BCUT2D eigenvalue weighted by Gasteiger charge is 2.09. The van der Waals surface area contributed by atoms with Gasteiger partial charge < -0.3 is 4.57 Å². The average molecular weight is 322 g/mol. The molecule has 0 saturated heterocycles. The van der Waals surface area contributed by atoms with Gasteiger partial charge >= 0.3 is 0 Å². The Balaban J connectivity index is 1.73. The van der Waals surface area contributed by atoms with Crippen LogP contribution in [0.5, 0.6) is 0 Å². The Bertz CT molecular complexity index is 1040. The van der Waals surface area contributed by atoms with Crippen LogP contribution in [0.1, 0.15) is 5.56 Å². The molecule has 0 atom stereocenters. The number of hydrogen-bond donors (Lipinski definition) is 0. The molecule has 118 valence electrons. The first-order valence-corrected chi connectivity index (χ1v) is 7.90. The Morgan fingerprint density at radius 2 is 1.60 bits per heavy atom. The highest BCUT2D eigenvalue weighted by atomic mass is 14.9. The van der Waals surface area contributed by atoms with Crippen LogP contribution in [0.15, 0.2) is 85.5 Å². The van der Waals surface area contributed by atoms with E-state index in [4.69, 9.17) is 0 Å². The molecule has 25 heavy (non-hydrogen) atoms. The lowest BCUT2D eigenvalue weighted by Crippen LogP contribution is -1.94. The number of benzene rings is 1. The van der Waals surface area contributed by atoms with Gasteiger partial charge in [0.2, 0.25) is 0 Å². The van der Waals surface area contributed by atoms with Gasteiger partial charge in [-0.2, -0.15) is 5.26 Å². The fourth-order valence-electron chi connectivity index (χ4n) is 2.77. The van der Waals surface area contributed by atoms with Gasteiger partial charge in [0, 0.05) is 41.6 Å². The molecule has 0 amide bonds. The van der Waals surface area contributed by atoms with Gasteiger partial charge in [-0.15, -0.1) is 0 Å². The first-order valence-electron chi connectivity index (χ1n) is 7.90. The number of hydrogen-bond acceptors (Lipinski definition) is 3. The molecule has 0 spiro atoms. The molecule has 4 heteroatoms. The maximum atomic E-state index is 9.54. The van der Waals surface area contributed by atoms with E-state index in [9.17, 15) is 5.26 Å². The molecule has 0 saturated carbocycles. The zero-order valence-electron chi connectivity index (χ0n) is 13.4. The van der Waals surface area contributed by atoms with Crippen molar-refractivity contribution in [2.45, 2.75) is 0 Å². The van der Waals surface area contributed by atoms with E-state index >= 15 is 0 Å². The maximum absolute atomic E-state index is 9.54. The molecule has 4 aromatic rings. The van der Waals surface area contributed by atoms with Crippen molar-refractivity contribution in [1.82, 2.24) is 14.5 Å². The third-order valence-electron chi connectivity index (χ3n) is 4.02. The Labute approximate surface area is 145 Å². The number of nitrogens with zero attached hydrogens (tertiary/aromatic N) is 4. The van der Waals surface area contributed by atoms with Gasteiger partial charge in [-0.25, -0.2) is 0 Å². The Hall–Kier alpha value is -3.71. The predicted octanol–water partition coefficient (Wildman–Crippen LogP) is 4.47. The van der Waals surface area contributed by atoms with Crippen LogP contribution < -0.4 is 0 Å². The lowest BCUT2D eigenvalue weighted by atomic mass is 10.0. The molecule has 0 unspecified atom stereocenters. The molecule has 1 aromatic carbocycles. The Kier molecular flexibility index (Phi) is 3.82. The van der Waals surface area contributed by atoms with Crippen molar-refractivity contribution in [3.8, 4) is 34.3 Å². The number of rotatable bonds is 3. The van der Waals surface area contributed by atoms with Crippen molar-refractivity contribution in [3.63, 3.8) is 0 Å². The van der Waals surface area contributed by atoms with Gasteiger partial charge in [0.05, 0.1) is 23.0 Å². The summed E-state index contributed by atoms with van der Waals surface area (Å²) in [5.41, 5.74) is 5.12. The van der Waals surface area contributed by atoms with Crippen LogP contribution in [-0.2, 0) is 0 Å². The van der Waals surface area contributed by atoms with E-state index in [0.717, 1.165) is 28.2 Å². The van der Waals surface area contributed by atoms with Gasteiger partial charge in [0.15, 0.2) is 0 Å². The minimum absolute atomic E-state index is 0.601. The van der Waals surface area contributed by atoms with Crippen molar-refractivity contribution in [1.29, 1.82) is 5.26 Å². The maximum Gasteiger partial charge on any atom is 0.0999 e. The molecule has 4 rings (SSSR count). The van der Waals surface area contributed by atoms with Crippen LogP contribution in [0.4, 0.5) is 0 Å². The molecule has 0 aliphatic heterocycles. The van der Waals surface area contributed by atoms with Crippen molar-refractivity contribution >= 4 is 0 Å². The molecular weight excluding hydrogens is 308 g/mol. The SMILES string of the molecule is N#Cc1cc(-n2ccc(-c3ccccn3)c2)ccc1-c1ccccn1. The van der Waals surface area contributed by atoms with E-state index in [1.807, 2.05) is 77.6 Å². The average Bonchev–Trinajstić information content (AvgIpc) is 3.19. The van der Waals surface area contributed by atoms with E-state index < -0.39 is 0 Å². The third kappa shape index (κ3) is 2.91. The van der Waals surface area contributed by atoms with E-state index in [0.29, 0.717) is 5.56 Å². The minimum Gasteiger partial charge on any atom is -0.323 e. The second-order valence-electron chi connectivity index (χ2n) is 5.58. The Morgan fingerprint density at radius 1 is 0.840 bits per heavy atom. The first-order chi connectivity index (χ1) is 12.3. The predicted molar refractivity (Wildman–Crippen MR) is 96.9 cm³/mol. The van der Waals surface area contributed by atoms with Gasteiger partial charge in [0.1, 0.15) is 0 Å². The number of pyridine rings is 2. The molecule has 4 nitrogen and oxygen atoms in total. The van der Waals surface area contributed by atoms with Crippen LogP contribution >= 0.6 is 0 Å². The standard InChI is InChI=1S/C21H14N4/c22-14-17-13-18(7-8-19(17)21-6-2-4-11-24-21)25-12-9-16(15-25)20-5-1-3-10-23-20/h1-13,15H. The summed E-state index contributed by atoms with van der Waals surface area (Å²) in [5, 5.41) is 9.54. The monoisotopic (exact) mass is 322 g/mol. The third-order valence-corrected chi connectivity index (χ3v) is 4.02.